The Kier molecular flexibility index (Phi) is 4.22. The third-order valence-electron chi connectivity index (χ3n) is 2.37. The number of hydrogen-bond acceptors (Lipinski definition) is 5. The summed E-state index contributed by atoms with van der Waals surface area (Å²) in [5.41, 5.74) is 0.849. The van der Waals surface area contributed by atoms with Crippen LogP contribution < -0.4 is 4.90 Å². The molecule has 0 fully saturated rings. The standard InChI is InChI=1S/C11H17N3O2/c1-8(11(15)16-4)7-14(3)10-9(2)12-5-6-13-10/h5-6,8H,7H2,1-4H3. The van der Waals surface area contributed by atoms with E-state index in [1.165, 1.54) is 7.11 Å². The second kappa shape index (κ2) is 5.44. The van der Waals surface area contributed by atoms with E-state index >= 15 is 0 Å². The summed E-state index contributed by atoms with van der Waals surface area (Å²) in [6, 6.07) is 0. The molecule has 1 aromatic heterocycles. The molecular formula is C11H17N3O2. The summed E-state index contributed by atoms with van der Waals surface area (Å²) in [6.07, 6.45) is 3.29. The average molecular weight is 223 g/mol. The van der Waals surface area contributed by atoms with Crippen molar-refractivity contribution in [2.75, 3.05) is 25.6 Å². The number of ether oxygens (including phenoxy) is 1. The summed E-state index contributed by atoms with van der Waals surface area (Å²) in [5.74, 6) is 0.392. The van der Waals surface area contributed by atoms with Crippen LogP contribution in [-0.2, 0) is 9.53 Å². The fraction of sp³-hybridized carbons (Fsp3) is 0.545. The lowest BCUT2D eigenvalue weighted by molar-refractivity contribution is -0.144. The van der Waals surface area contributed by atoms with Gasteiger partial charge in [0, 0.05) is 26.0 Å². The van der Waals surface area contributed by atoms with Crippen LogP contribution in [-0.4, -0.2) is 36.6 Å². The molecule has 0 aromatic carbocycles. The fourth-order valence-electron chi connectivity index (χ4n) is 1.55. The normalized spacial score (nSPS) is 12.0. The Morgan fingerprint density at radius 1 is 1.50 bits per heavy atom. The summed E-state index contributed by atoms with van der Waals surface area (Å²) in [5, 5.41) is 0. The van der Waals surface area contributed by atoms with Crippen molar-refractivity contribution in [2.24, 2.45) is 5.92 Å². The Morgan fingerprint density at radius 3 is 2.69 bits per heavy atom. The fourth-order valence-corrected chi connectivity index (χ4v) is 1.55. The lowest BCUT2D eigenvalue weighted by atomic mass is 10.2. The van der Waals surface area contributed by atoms with Crippen LogP contribution in [0.25, 0.3) is 0 Å². The van der Waals surface area contributed by atoms with E-state index in [4.69, 9.17) is 0 Å². The first-order valence-electron chi connectivity index (χ1n) is 5.12. The predicted molar refractivity (Wildman–Crippen MR) is 61.2 cm³/mol. The average Bonchev–Trinajstić information content (AvgIpc) is 2.28. The Labute approximate surface area is 95.5 Å². The van der Waals surface area contributed by atoms with Crippen LogP contribution in [0.3, 0.4) is 0 Å². The molecule has 0 bridgehead atoms. The van der Waals surface area contributed by atoms with Gasteiger partial charge in [0.2, 0.25) is 0 Å². The van der Waals surface area contributed by atoms with Crippen LogP contribution >= 0.6 is 0 Å². The Bertz CT molecular complexity index is 368. The highest BCUT2D eigenvalue weighted by Gasteiger charge is 2.17. The predicted octanol–water partition coefficient (Wildman–Crippen LogP) is 1.03. The molecular weight excluding hydrogens is 206 g/mol. The van der Waals surface area contributed by atoms with Gasteiger partial charge in [-0.15, -0.1) is 0 Å². The van der Waals surface area contributed by atoms with Crippen LogP contribution in [0.15, 0.2) is 12.4 Å². The molecule has 0 aliphatic carbocycles. The van der Waals surface area contributed by atoms with E-state index in [1.54, 1.807) is 12.4 Å². The molecule has 5 heteroatoms. The molecule has 1 rings (SSSR count). The number of rotatable bonds is 4. The number of carbonyl (C=O) groups is 1. The number of esters is 1. The Hall–Kier alpha value is -1.65. The molecule has 88 valence electrons. The van der Waals surface area contributed by atoms with Crippen LogP contribution in [0.5, 0.6) is 0 Å². The first kappa shape index (κ1) is 12.4. The highest BCUT2D eigenvalue weighted by Crippen LogP contribution is 2.13. The van der Waals surface area contributed by atoms with Gasteiger partial charge in [-0.1, -0.05) is 6.92 Å². The molecule has 0 aliphatic heterocycles. The lowest BCUT2D eigenvalue weighted by Crippen LogP contribution is -2.30. The molecule has 1 aromatic rings. The van der Waals surface area contributed by atoms with Crippen molar-refractivity contribution in [1.29, 1.82) is 0 Å². The summed E-state index contributed by atoms with van der Waals surface area (Å²) < 4.78 is 4.68. The summed E-state index contributed by atoms with van der Waals surface area (Å²) in [4.78, 5) is 21.6. The maximum atomic E-state index is 11.3. The van der Waals surface area contributed by atoms with E-state index in [2.05, 4.69) is 14.7 Å². The summed E-state index contributed by atoms with van der Waals surface area (Å²) >= 11 is 0. The third kappa shape index (κ3) is 2.92. The number of carbonyl (C=O) groups excluding carboxylic acids is 1. The molecule has 0 aliphatic rings. The maximum Gasteiger partial charge on any atom is 0.310 e. The van der Waals surface area contributed by atoms with Crippen molar-refractivity contribution in [2.45, 2.75) is 13.8 Å². The number of aryl methyl sites for hydroxylation is 1. The largest absolute Gasteiger partial charge is 0.469 e. The van der Waals surface area contributed by atoms with Gasteiger partial charge in [-0.05, 0) is 6.92 Å². The Balaban J connectivity index is 2.69. The highest BCUT2D eigenvalue weighted by atomic mass is 16.5. The molecule has 0 spiro atoms. The van der Waals surface area contributed by atoms with Crippen molar-refractivity contribution in [3.8, 4) is 0 Å². The van der Waals surface area contributed by atoms with Gasteiger partial charge < -0.3 is 9.64 Å². The maximum absolute atomic E-state index is 11.3. The van der Waals surface area contributed by atoms with Gasteiger partial charge in [0.1, 0.15) is 5.82 Å². The zero-order valence-corrected chi connectivity index (χ0v) is 10.1. The zero-order valence-electron chi connectivity index (χ0n) is 10.1. The van der Waals surface area contributed by atoms with E-state index in [9.17, 15) is 4.79 Å². The smallest absolute Gasteiger partial charge is 0.310 e. The van der Waals surface area contributed by atoms with Crippen LogP contribution in [0.1, 0.15) is 12.6 Å². The molecule has 1 heterocycles. The topological polar surface area (TPSA) is 55.3 Å². The van der Waals surface area contributed by atoms with E-state index in [1.807, 2.05) is 25.8 Å². The van der Waals surface area contributed by atoms with Gasteiger partial charge in [0.05, 0.1) is 18.7 Å². The second-order valence-corrected chi connectivity index (χ2v) is 3.77. The van der Waals surface area contributed by atoms with Crippen LogP contribution in [0.4, 0.5) is 5.82 Å². The minimum absolute atomic E-state index is 0.184. The van der Waals surface area contributed by atoms with Gasteiger partial charge in [-0.2, -0.15) is 0 Å². The quantitative estimate of drug-likeness (QED) is 0.714. The first-order chi connectivity index (χ1) is 7.56. The zero-order chi connectivity index (χ0) is 12.1. The molecule has 16 heavy (non-hydrogen) atoms. The minimum atomic E-state index is -0.214. The van der Waals surface area contributed by atoms with Crippen LogP contribution in [0, 0.1) is 12.8 Å². The molecule has 0 N–H and O–H groups in total. The van der Waals surface area contributed by atoms with E-state index in [0.29, 0.717) is 6.54 Å². The van der Waals surface area contributed by atoms with Crippen molar-refractivity contribution in [3.05, 3.63) is 18.1 Å². The van der Waals surface area contributed by atoms with Crippen molar-refractivity contribution >= 4 is 11.8 Å². The molecule has 1 unspecified atom stereocenters. The minimum Gasteiger partial charge on any atom is -0.469 e. The van der Waals surface area contributed by atoms with Crippen molar-refractivity contribution in [1.82, 2.24) is 9.97 Å². The molecule has 0 saturated heterocycles. The Morgan fingerprint density at radius 2 is 2.12 bits per heavy atom. The SMILES string of the molecule is COC(=O)C(C)CN(C)c1nccnc1C. The van der Waals surface area contributed by atoms with Crippen molar-refractivity contribution in [3.63, 3.8) is 0 Å². The van der Waals surface area contributed by atoms with E-state index in [0.717, 1.165) is 11.5 Å². The highest BCUT2D eigenvalue weighted by molar-refractivity contribution is 5.72. The summed E-state index contributed by atoms with van der Waals surface area (Å²) in [7, 11) is 3.28. The van der Waals surface area contributed by atoms with Gasteiger partial charge in [-0.3, -0.25) is 9.78 Å². The molecule has 0 amide bonds. The van der Waals surface area contributed by atoms with E-state index < -0.39 is 0 Å². The number of methoxy groups -OCH3 is 1. The monoisotopic (exact) mass is 223 g/mol. The van der Waals surface area contributed by atoms with Gasteiger partial charge in [0.25, 0.3) is 0 Å². The number of anilines is 1. The lowest BCUT2D eigenvalue weighted by Gasteiger charge is -2.21. The van der Waals surface area contributed by atoms with Gasteiger partial charge in [-0.25, -0.2) is 4.98 Å². The number of hydrogen-bond donors (Lipinski definition) is 0. The third-order valence-corrected chi connectivity index (χ3v) is 2.37. The van der Waals surface area contributed by atoms with E-state index in [-0.39, 0.29) is 11.9 Å². The van der Waals surface area contributed by atoms with Gasteiger partial charge in [0.15, 0.2) is 0 Å². The van der Waals surface area contributed by atoms with Gasteiger partial charge >= 0.3 is 5.97 Å². The molecule has 1 atom stereocenters. The van der Waals surface area contributed by atoms with Crippen LogP contribution in [0.2, 0.25) is 0 Å². The first-order valence-corrected chi connectivity index (χ1v) is 5.12. The number of aromatic nitrogens is 2. The van der Waals surface area contributed by atoms with Crippen molar-refractivity contribution < 1.29 is 9.53 Å². The molecule has 5 nitrogen and oxygen atoms in total. The molecule has 0 saturated carbocycles. The molecule has 0 radical (unpaired) electrons. The second-order valence-electron chi connectivity index (χ2n) is 3.77. The number of nitrogens with zero attached hydrogens (tertiary/aromatic N) is 3. The summed E-state index contributed by atoms with van der Waals surface area (Å²) in [6.45, 7) is 4.28.